The molecule has 1 fully saturated rings. The van der Waals surface area contributed by atoms with Gasteiger partial charge in [-0.05, 0) is 24.3 Å². The molecule has 8 nitrogen and oxygen atoms in total. The topological polar surface area (TPSA) is 92.8 Å². The molecule has 0 radical (unpaired) electrons. The number of piperazine rings is 1. The summed E-state index contributed by atoms with van der Waals surface area (Å²) in [4.78, 5) is 23.8. The highest BCUT2D eigenvalue weighted by molar-refractivity contribution is 5.77. The molecule has 0 spiro atoms. The fourth-order valence-electron chi connectivity index (χ4n) is 3.21. The van der Waals surface area contributed by atoms with Gasteiger partial charge >= 0.3 is 6.18 Å². The van der Waals surface area contributed by atoms with Crippen LogP contribution in [-0.4, -0.2) is 36.0 Å². The summed E-state index contributed by atoms with van der Waals surface area (Å²) >= 11 is 0. The molecule has 1 saturated heterocycles. The smallest absolute Gasteiger partial charge is 0.368 e. The average molecular weight is 414 g/mol. The Morgan fingerprint density at radius 2 is 1.28 bits per heavy atom. The quantitative estimate of drug-likeness (QED) is 0.427. The van der Waals surface area contributed by atoms with Crippen molar-refractivity contribution in [3.63, 3.8) is 0 Å². The molecule has 0 aromatic heterocycles. The Hall–Kier alpha value is -3.44. The third kappa shape index (κ3) is 4.20. The Kier molecular flexibility index (Phi) is 5.27. The van der Waals surface area contributed by atoms with Gasteiger partial charge < -0.3 is 9.80 Å². The Morgan fingerprint density at radius 1 is 0.828 bits per heavy atom. The van der Waals surface area contributed by atoms with Crippen molar-refractivity contribution in [2.75, 3.05) is 36.0 Å². The van der Waals surface area contributed by atoms with Crippen LogP contribution in [0, 0.1) is 26.0 Å². The molecule has 0 saturated carbocycles. The normalized spacial score (nSPS) is 14.8. The van der Waals surface area contributed by atoms with E-state index >= 15 is 0 Å². The SMILES string of the molecule is O=[N+]([O-])c1cc(C(F)(F)F)cc([N+](=O)[O-])c1N1CCN(c2ccc(F)cc2)CC1. The molecular weight excluding hydrogens is 400 g/mol. The molecule has 0 amide bonds. The number of nitrogens with zero attached hydrogens (tertiary/aromatic N) is 4. The summed E-state index contributed by atoms with van der Waals surface area (Å²) < 4.78 is 52.1. The highest BCUT2D eigenvalue weighted by Gasteiger charge is 2.39. The highest BCUT2D eigenvalue weighted by atomic mass is 19.4. The van der Waals surface area contributed by atoms with Crippen molar-refractivity contribution in [1.82, 2.24) is 0 Å². The summed E-state index contributed by atoms with van der Waals surface area (Å²) in [6, 6.07) is 6.27. The minimum absolute atomic E-state index is 0.102. The molecular formula is C17H14F4N4O4. The van der Waals surface area contributed by atoms with E-state index in [1.54, 1.807) is 12.1 Å². The molecule has 12 heteroatoms. The fourth-order valence-corrected chi connectivity index (χ4v) is 3.21. The number of alkyl halides is 3. The van der Waals surface area contributed by atoms with Crippen LogP contribution in [-0.2, 0) is 6.18 Å². The molecule has 0 unspecified atom stereocenters. The lowest BCUT2D eigenvalue weighted by Crippen LogP contribution is -2.47. The van der Waals surface area contributed by atoms with Crippen LogP contribution in [0.3, 0.4) is 0 Å². The summed E-state index contributed by atoms with van der Waals surface area (Å²) in [6.07, 6.45) is -4.96. The number of rotatable bonds is 4. The molecule has 2 aromatic rings. The zero-order chi connectivity index (χ0) is 21.3. The third-order valence-electron chi connectivity index (χ3n) is 4.58. The van der Waals surface area contributed by atoms with Crippen molar-refractivity contribution in [2.24, 2.45) is 0 Å². The van der Waals surface area contributed by atoms with Crippen LogP contribution in [0.2, 0.25) is 0 Å². The van der Waals surface area contributed by atoms with E-state index in [-0.39, 0.29) is 13.1 Å². The van der Waals surface area contributed by atoms with Gasteiger partial charge in [-0.25, -0.2) is 4.39 Å². The summed E-state index contributed by atoms with van der Waals surface area (Å²) in [6.45, 7) is 0.788. The van der Waals surface area contributed by atoms with Crippen molar-refractivity contribution in [3.8, 4) is 0 Å². The monoisotopic (exact) mass is 414 g/mol. The highest BCUT2D eigenvalue weighted by Crippen LogP contribution is 2.43. The zero-order valence-corrected chi connectivity index (χ0v) is 14.7. The molecule has 1 aliphatic heterocycles. The Labute approximate surface area is 161 Å². The summed E-state index contributed by atoms with van der Waals surface area (Å²) in [5.41, 5.74) is -3.15. The van der Waals surface area contributed by atoms with E-state index in [1.807, 2.05) is 4.90 Å². The van der Waals surface area contributed by atoms with Crippen molar-refractivity contribution in [3.05, 3.63) is 68.0 Å². The minimum atomic E-state index is -4.96. The lowest BCUT2D eigenvalue weighted by molar-refractivity contribution is -0.393. The fraction of sp³-hybridized carbons (Fsp3) is 0.294. The van der Waals surface area contributed by atoms with E-state index in [2.05, 4.69) is 0 Å². The second-order valence-corrected chi connectivity index (χ2v) is 6.33. The summed E-state index contributed by atoms with van der Waals surface area (Å²) in [7, 11) is 0. The van der Waals surface area contributed by atoms with Gasteiger partial charge in [0.05, 0.1) is 15.4 Å². The van der Waals surface area contributed by atoms with E-state index < -0.39 is 44.5 Å². The first-order chi connectivity index (χ1) is 13.6. The Balaban J connectivity index is 1.95. The Bertz CT molecular complexity index is 906. The van der Waals surface area contributed by atoms with Crippen LogP contribution in [0.15, 0.2) is 36.4 Å². The predicted octanol–water partition coefficient (Wildman–Crippen LogP) is 3.99. The van der Waals surface area contributed by atoms with Crippen LogP contribution in [0.5, 0.6) is 0 Å². The average Bonchev–Trinajstić information content (AvgIpc) is 2.67. The van der Waals surface area contributed by atoms with E-state index in [9.17, 15) is 37.8 Å². The molecule has 1 heterocycles. The van der Waals surface area contributed by atoms with Crippen LogP contribution >= 0.6 is 0 Å². The predicted molar refractivity (Wildman–Crippen MR) is 95.6 cm³/mol. The van der Waals surface area contributed by atoms with Crippen LogP contribution in [0.4, 0.5) is 40.3 Å². The lowest BCUT2D eigenvalue weighted by Gasteiger charge is -2.36. The number of nitro groups is 2. The van der Waals surface area contributed by atoms with E-state index in [1.165, 1.54) is 17.0 Å². The minimum Gasteiger partial charge on any atom is -0.368 e. The zero-order valence-electron chi connectivity index (χ0n) is 14.7. The Morgan fingerprint density at radius 3 is 1.69 bits per heavy atom. The number of hydrogen-bond acceptors (Lipinski definition) is 6. The molecule has 29 heavy (non-hydrogen) atoms. The van der Waals surface area contributed by atoms with Crippen LogP contribution in [0.25, 0.3) is 0 Å². The van der Waals surface area contributed by atoms with Gasteiger partial charge in [0.25, 0.3) is 11.4 Å². The molecule has 3 rings (SSSR count). The summed E-state index contributed by atoms with van der Waals surface area (Å²) in [5.74, 6) is -0.414. The number of benzene rings is 2. The molecule has 0 aliphatic carbocycles. The number of anilines is 2. The maximum Gasteiger partial charge on any atom is 0.416 e. The van der Waals surface area contributed by atoms with Crippen molar-refractivity contribution >= 4 is 22.7 Å². The van der Waals surface area contributed by atoms with Crippen molar-refractivity contribution in [2.45, 2.75) is 6.18 Å². The van der Waals surface area contributed by atoms with E-state index in [0.29, 0.717) is 30.9 Å². The lowest BCUT2D eigenvalue weighted by atomic mass is 10.1. The van der Waals surface area contributed by atoms with Gasteiger partial charge in [-0.2, -0.15) is 13.2 Å². The second-order valence-electron chi connectivity index (χ2n) is 6.33. The summed E-state index contributed by atoms with van der Waals surface area (Å²) in [5, 5.41) is 22.8. The maximum absolute atomic E-state index is 13.1. The maximum atomic E-state index is 13.1. The number of hydrogen-bond donors (Lipinski definition) is 0. The molecule has 2 aromatic carbocycles. The third-order valence-corrected chi connectivity index (χ3v) is 4.58. The van der Waals surface area contributed by atoms with Crippen molar-refractivity contribution < 1.29 is 27.4 Å². The van der Waals surface area contributed by atoms with Gasteiger partial charge in [0, 0.05) is 44.0 Å². The van der Waals surface area contributed by atoms with Gasteiger partial charge in [-0.15, -0.1) is 0 Å². The number of nitro benzene ring substituents is 2. The van der Waals surface area contributed by atoms with E-state index in [4.69, 9.17) is 0 Å². The van der Waals surface area contributed by atoms with Gasteiger partial charge in [0.15, 0.2) is 5.69 Å². The molecule has 154 valence electrons. The van der Waals surface area contributed by atoms with Crippen LogP contribution in [0.1, 0.15) is 5.56 Å². The van der Waals surface area contributed by atoms with Gasteiger partial charge in [-0.1, -0.05) is 0 Å². The molecule has 0 N–H and O–H groups in total. The largest absolute Gasteiger partial charge is 0.416 e. The first-order valence-electron chi connectivity index (χ1n) is 8.37. The van der Waals surface area contributed by atoms with Gasteiger partial charge in [0.2, 0.25) is 0 Å². The first-order valence-corrected chi connectivity index (χ1v) is 8.37. The van der Waals surface area contributed by atoms with E-state index in [0.717, 1.165) is 0 Å². The first kappa shape index (κ1) is 20.3. The van der Waals surface area contributed by atoms with Gasteiger partial charge in [0.1, 0.15) is 5.82 Å². The number of halogens is 4. The van der Waals surface area contributed by atoms with Gasteiger partial charge in [-0.3, -0.25) is 20.2 Å². The van der Waals surface area contributed by atoms with Crippen LogP contribution < -0.4 is 9.80 Å². The van der Waals surface area contributed by atoms with Crippen molar-refractivity contribution in [1.29, 1.82) is 0 Å². The molecule has 1 aliphatic rings. The molecule has 0 bridgehead atoms. The second kappa shape index (κ2) is 7.53. The standard InChI is InChI=1S/C17H14F4N4O4/c18-12-1-3-13(4-2-12)22-5-7-23(8-6-22)16-14(24(26)27)9-11(17(19,20)21)10-15(16)25(28)29/h1-4,9-10H,5-8H2. The molecule has 0 atom stereocenters.